The van der Waals surface area contributed by atoms with Crippen molar-refractivity contribution >= 4 is 5.91 Å². The number of hydrogen-bond donors (Lipinski definition) is 1. The molecule has 0 bridgehead atoms. The minimum absolute atomic E-state index is 0.0292. The second kappa shape index (κ2) is 4.08. The van der Waals surface area contributed by atoms with Gasteiger partial charge in [-0.05, 0) is 19.8 Å². The van der Waals surface area contributed by atoms with Crippen LogP contribution in [0.2, 0.25) is 0 Å². The fourth-order valence-electron chi connectivity index (χ4n) is 2.22. The molecule has 16 heavy (non-hydrogen) atoms. The Labute approximate surface area is 93.5 Å². The Morgan fingerprint density at radius 3 is 3.00 bits per heavy atom. The van der Waals surface area contributed by atoms with Crippen LogP contribution in [0.1, 0.15) is 37.3 Å². The molecule has 86 valence electrons. The number of rotatable bonds is 1. The van der Waals surface area contributed by atoms with Crippen LogP contribution < -0.4 is 5.56 Å². The van der Waals surface area contributed by atoms with Crippen LogP contribution in [-0.4, -0.2) is 27.3 Å². The number of aromatic nitrogens is 2. The highest BCUT2D eigenvalue weighted by Gasteiger charge is 2.29. The van der Waals surface area contributed by atoms with E-state index in [9.17, 15) is 9.59 Å². The van der Waals surface area contributed by atoms with Gasteiger partial charge in [0.2, 0.25) is 5.91 Å². The third kappa shape index (κ3) is 1.98. The minimum Gasteiger partial charge on any atom is -0.334 e. The maximum absolute atomic E-state index is 11.4. The third-order valence-corrected chi connectivity index (χ3v) is 2.88. The lowest BCUT2D eigenvalue weighted by molar-refractivity contribution is -0.129. The highest BCUT2D eigenvalue weighted by atomic mass is 16.2. The van der Waals surface area contributed by atoms with E-state index in [-0.39, 0.29) is 17.5 Å². The highest BCUT2D eigenvalue weighted by Crippen LogP contribution is 2.29. The van der Waals surface area contributed by atoms with E-state index in [2.05, 4.69) is 9.97 Å². The average Bonchev–Trinajstić information content (AvgIpc) is 2.63. The number of likely N-dealkylation sites (tertiary alicyclic amines) is 1. The van der Waals surface area contributed by atoms with Gasteiger partial charge in [-0.1, -0.05) is 0 Å². The maximum atomic E-state index is 11.4. The van der Waals surface area contributed by atoms with Gasteiger partial charge in [-0.25, -0.2) is 4.98 Å². The minimum atomic E-state index is -0.155. The van der Waals surface area contributed by atoms with Gasteiger partial charge in [0.25, 0.3) is 5.56 Å². The van der Waals surface area contributed by atoms with Crippen molar-refractivity contribution < 1.29 is 4.79 Å². The van der Waals surface area contributed by atoms with Crippen LogP contribution in [-0.2, 0) is 4.79 Å². The molecule has 2 heterocycles. The Morgan fingerprint density at radius 1 is 1.62 bits per heavy atom. The summed E-state index contributed by atoms with van der Waals surface area (Å²) in [7, 11) is 0. The summed E-state index contributed by atoms with van der Waals surface area (Å²) in [6.07, 6.45) is 1.85. The first-order valence-corrected chi connectivity index (χ1v) is 5.43. The molecule has 5 nitrogen and oxygen atoms in total. The van der Waals surface area contributed by atoms with Gasteiger partial charge in [-0.2, -0.15) is 0 Å². The summed E-state index contributed by atoms with van der Waals surface area (Å²) in [6.45, 7) is 4.06. The van der Waals surface area contributed by atoms with Gasteiger partial charge < -0.3 is 9.88 Å². The molecule has 2 rings (SSSR count). The lowest BCUT2D eigenvalue weighted by Gasteiger charge is -2.22. The fourth-order valence-corrected chi connectivity index (χ4v) is 2.22. The van der Waals surface area contributed by atoms with Crippen LogP contribution in [0.15, 0.2) is 10.9 Å². The van der Waals surface area contributed by atoms with Gasteiger partial charge >= 0.3 is 0 Å². The van der Waals surface area contributed by atoms with Gasteiger partial charge in [-0.15, -0.1) is 0 Å². The fraction of sp³-hybridized carbons (Fsp3) is 0.545. The zero-order valence-corrected chi connectivity index (χ0v) is 9.49. The van der Waals surface area contributed by atoms with Gasteiger partial charge in [0.05, 0.1) is 11.7 Å². The first-order chi connectivity index (χ1) is 7.58. The van der Waals surface area contributed by atoms with Gasteiger partial charge in [-0.3, -0.25) is 9.59 Å². The zero-order chi connectivity index (χ0) is 11.7. The molecule has 5 heteroatoms. The van der Waals surface area contributed by atoms with E-state index in [4.69, 9.17) is 0 Å². The maximum Gasteiger partial charge on any atom is 0.251 e. The van der Waals surface area contributed by atoms with Crippen molar-refractivity contribution in [1.82, 2.24) is 14.9 Å². The molecule has 0 aromatic carbocycles. The molecule has 0 radical (unpaired) electrons. The highest BCUT2D eigenvalue weighted by molar-refractivity contribution is 5.74. The number of amides is 1. The lowest BCUT2D eigenvalue weighted by atomic mass is 10.1. The molecule has 1 aromatic heterocycles. The Kier molecular flexibility index (Phi) is 2.77. The first kappa shape index (κ1) is 10.9. The quantitative estimate of drug-likeness (QED) is 0.761. The summed E-state index contributed by atoms with van der Waals surface area (Å²) in [4.78, 5) is 31.4. The summed E-state index contributed by atoms with van der Waals surface area (Å²) < 4.78 is 0. The lowest BCUT2D eigenvalue weighted by Crippen LogP contribution is -2.29. The SMILES string of the molecule is CC(=O)N1CCC[C@H]1c1cc(=O)[nH]c(C)n1. The predicted molar refractivity (Wildman–Crippen MR) is 59.0 cm³/mol. The van der Waals surface area contributed by atoms with Crippen LogP contribution in [0.25, 0.3) is 0 Å². The monoisotopic (exact) mass is 221 g/mol. The normalized spacial score (nSPS) is 20.1. The number of hydrogen-bond acceptors (Lipinski definition) is 3. The number of aromatic amines is 1. The summed E-state index contributed by atoms with van der Waals surface area (Å²) in [5.74, 6) is 0.639. The topological polar surface area (TPSA) is 66.1 Å². The molecule has 1 amide bonds. The van der Waals surface area contributed by atoms with E-state index in [1.165, 1.54) is 6.07 Å². The van der Waals surface area contributed by atoms with E-state index >= 15 is 0 Å². The molecule has 1 atom stereocenters. The van der Waals surface area contributed by atoms with E-state index < -0.39 is 0 Å². The van der Waals surface area contributed by atoms with Gasteiger partial charge in [0, 0.05) is 19.5 Å². The van der Waals surface area contributed by atoms with Gasteiger partial charge in [0.1, 0.15) is 5.82 Å². The molecular formula is C11H15N3O2. The Balaban J connectivity index is 2.36. The van der Waals surface area contributed by atoms with Crippen LogP contribution in [0, 0.1) is 6.92 Å². The Hall–Kier alpha value is -1.65. The molecule has 0 saturated carbocycles. The van der Waals surface area contributed by atoms with Gasteiger partial charge in [0.15, 0.2) is 0 Å². The van der Waals surface area contributed by atoms with Crippen molar-refractivity contribution in [3.8, 4) is 0 Å². The largest absolute Gasteiger partial charge is 0.334 e. The summed E-state index contributed by atoms with van der Waals surface area (Å²) in [6, 6.07) is 1.46. The zero-order valence-electron chi connectivity index (χ0n) is 9.49. The molecule has 1 saturated heterocycles. The molecule has 1 N–H and O–H groups in total. The molecule has 1 aromatic rings. The number of carbonyl (C=O) groups is 1. The average molecular weight is 221 g/mol. The molecule has 0 spiro atoms. The Morgan fingerprint density at radius 2 is 2.38 bits per heavy atom. The number of aryl methyl sites for hydroxylation is 1. The summed E-state index contributed by atoms with van der Waals surface area (Å²) >= 11 is 0. The number of nitrogens with zero attached hydrogens (tertiary/aromatic N) is 2. The molecule has 1 aliphatic rings. The number of carbonyl (C=O) groups excluding carboxylic acids is 1. The predicted octanol–water partition coefficient (Wildman–Crippen LogP) is 0.762. The summed E-state index contributed by atoms with van der Waals surface area (Å²) in [5, 5.41) is 0. The van der Waals surface area contributed by atoms with Crippen molar-refractivity contribution in [3.05, 3.63) is 27.9 Å². The van der Waals surface area contributed by atoms with Crippen LogP contribution >= 0.6 is 0 Å². The second-order valence-electron chi connectivity index (χ2n) is 4.13. The van der Waals surface area contributed by atoms with Crippen LogP contribution in [0.5, 0.6) is 0 Å². The number of nitrogens with one attached hydrogen (secondary N) is 1. The van der Waals surface area contributed by atoms with Crippen molar-refractivity contribution in [3.63, 3.8) is 0 Å². The third-order valence-electron chi connectivity index (χ3n) is 2.88. The van der Waals surface area contributed by atoms with Crippen molar-refractivity contribution in [2.45, 2.75) is 32.7 Å². The second-order valence-corrected chi connectivity index (χ2v) is 4.13. The van der Waals surface area contributed by atoms with Crippen molar-refractivity contribution in [1.29, 1.82) is 0 Å². The van der Waals surface area contributed by atoms with Crippen LogP contribution in [0.3, 0.4) is 0 Å². The van der Waals surface area contributed by atoms with Crippen molar-refractivity contribution in [2.24, 2.45) is 0 Å². The molecule has 0 aliphatic carbocycles. The molecule has 1 fully saturated rings. The van der Waals surface area contributed by atoms with Crippen molar-refractivity contribution in [2.75, 3.05) is 6.54 Å². The van der Waals surface area contributed by atoms with E-state index in [0.717, 1.165) is 19.4 Å². The molecule has 1 aliphatic heterocycles. The summed E-state index contributed by atoms with van der Waals surface area (Å²) in [5.41, 5.74) is 0.548. The standard InChI is InChI=1S/C11H15N3O2/c1-7-12-9(6-11(16)13-7)10-4-3-5-14(10)8(2)15/h6,10H,3-5H2,1-2H3,(H,12,13,16)/t10-/m0/s1. The van der Waals surface area contributed by atoms with E-state index in [1.54, 1.807) is 18.7 Å². The first-order valence-electron chi connectivity index (χ1n) is 5.43. The smallest absolute Gasteiger partial charge is 0.251 e. The van der Waals surface area contributed by atoms with Crippen LogP contribution in [0.4, 0.5) is 0 Å². The number of H-pyrrole nitrogens is 1. The van der Waals surface area contributed by atoms with E-state index in [1.807, 2.05) is 0 Å². The molecule has 0 unspecified atom stereocenters. The van der Waals surface area contributed by atoms with E-state index in [0.29, 0.717) is 11.5 Å². The molecular weight excluding hydrogens is 206 g/mol. The Bertz CT molecular complexity index is 467.